The zero-order chi connectivity index (χ0) is 24.1. The molecule has 3 atom stereocenters. The van der Waals surface area contributed by atoms with Crippen LogP contribution in [0.1, 0.15) is 59.1 Å². The number of hydrogen-bond donors (Lipinski definition) is 1. The summed E-state index contributed by atoms with van der Waals surface area (Å²) in [4.78, 5) is 26.6. The summed E-state index contributed by atoms with van der Waals surface area (Å²) in [5, 5.41) is 9.89. The lowest BCUT2D eigenvalue weighted by Crippen LogP contribution is -2.44. The number of ether oxygens (including phenoxy) is 4. The van der Waals surface area contributed by atoms with E-state index in [-0.39, 0.29) is 11.8 Å². The molecule has 1 saturated heterocycles. The lowest BCUT2D eigenvalue weighted by Gasteiger charge is -2.33. The number of aliphatic carboxylic acids is 1. The monoisotopic (exact) mass is 451 g/mol. The molecule has 0 radical (unpaired) electrons. The zero-order valence-electron chi connectivity index (χ0n) is 20.2. The van der Waals surface area contributed by atoms with Crippen molar-refractivity contribution in [3.63, 3.8) is 0 Å². The van der Waals surface area contributed by atoms with Crippen LogP contribution in [-0.2, 0) is 14.3 Å². The van der Waals surface area contributed by atoms with Crippen molar-refractivity contribution in [1.82, 2.24) is 4.90 Å². The van der Waals surface area contributed by atoms with Crippen LogP contribution in [0.3, 0.4) is 0 Å². The number of benzene rings is 1. The second-order valence-corrected chi connectivity index (χ2v) is 9.44. The number of amides is 1. The molecule has 32 heavy (non-hydrogen) atoms. The Morgan fingerprint density at radius 2 is 1.84 bits per heavy atom. The Morgan fingerprint density at radius 3 is 2.38 bits per heavy atom. The van der Waals surface area contributed by atoms with E-state index < -0.39 is 29.7 Å². The molecule has 2 rings (SSSR count). The molecule has 1 N–H and O–H groups in total. The summed E-state index contributed by atoms with van der Waals surface area (Å²) in [6, 6.07) is 4.07. The molecule has 1 aliphatic rings. The number of carbonyl (C=O) groups is 2. The summed E-state index contributed by atoms with van der Waals surface area (Å²) < 4.78 is 22.0. The molecular weight excluding hydrogens is 414 g/mol. The molecular formula is C24H37NO7. The first-order valence-corrected chi connectivity index (χ1v) is 11.0. The Balaban J connectivity index is 2.48. The SMILES string of the molecule is COCCCOc1cc([C@@H]2[C@H](C(C)C)C[C@H](C(=O)O)N2C(=O)OC(C)(C)C)ccc1OC. The fourth-order valence-electron chi connectivity index (χ4n) is 4.10. The van der Waals surface area contributed by atoms with Gasteiger partial charge in [0.25, 0.3) is 0 Å². The van der Waals surface area contributed by atoms with Gasteiger partial charge in [-0.05, 0) is 56.7 Å². The van der Waals surface area contributed by atoms with E-state index in [1.54, 1.807) is 41.1 Å². The number of nitrogens with zero attached hydrogens (tertiary/aromatic N) is 1. The quantitative estimate of drug-likeness (QED) is 0.552. The Kier molecular flexibility index (Phi) is 8.78. The third-order valence-corrected chi connectivity index (χ3v) is 5.56. The highest BCUT2D eigenvalue weighted by atomic mass is 16.6. The topological polar surface area (TPSA) is 94.5 Å². The Morgan fingerprint density at radius 1 is 1.16 bits per heavy atom. The maximum atomic E-state index is 13.2. The molecule has 180 valence electrons. The van der Waals surface area contributed by atoms with Crippen LogP contribution in [0.4, 0.5) is 4.79 Å². The molecule has 1 aromatic rings. The molecule has 1 fully saturated rings. The van der Waals surface area contributed by atoms with Crippen molar-refractivity contribution in [2.45, 2.75) is 65.1 Å². The largest absolute Gasteiger partial charge is 0.493 e. The molecule has 1 aliphatic heterocycles. The molecule has 0 aromatic heterocycles. The molecule has 1 heterocycles. The number of carboxylic acids is 1. The normalized spacial score (nSPS) is 21.0. The fourth-order valence-corrected chi connectivity index (χ4v) is 4.10. The molecule has 1 amide bonds. The number of rotatable bonds is 9. The van der Waals surface area contributed by atoms with Gasteiger partial charge < -0.3 is 24.1 Å². The van der Waals surface area contributed by atoms with Crippen LogP contribution in [0.15, 0.2) is 18.2 Å². The number of hydrogen-bond acceptors (Lipinski definition) is 6. The molecule has 0 unspecified atom stereocenters. The molecule has 0 bridgehead atoms. The van der Waals surface area contributed by atoms with Gasteiger partial charge in [0.1, 0.15) is 11.6 Å². The molecule has 0 saturated carbocycles. The van der Waals surface area contributed by atoms with Crippen LogP contribution < -0.4 is 9.47 Å². The van der Waals surface area contributed by atoms with E-state index in [0.29, 0.717) is 37.6 Å². The van der Waals surface area contributed by atoms with Crippen molar-refractivity contribution >= 4 is 12.1 Å². The van der Waals surface area contributed by atoms with Gasteiger partial charge in [0.2, 0.25) is 0 Å². The number of likely N-dealkylation sites (tertiary alicyclic amines) is 1. The van der Waals surface area contributed by atoms with E-state index in [1.165, 1.54) is 4.90 Å². The summed E-state index contributed by atoms with van der Waals surface area (Å²) in [5.41, 5.74) is 0.0525. The second-order valence-electron chi connectivity index (χ2n) is 9.44. The summed E-state index contributed by atoms with van der Waals surface area (Å²) in [6.07, 6.45) is 0.441. The summed E-state index contributed by atoms with van der Waals surface area (Å²) in [7, 11) is 3.20. The van der Waals surface area contributed by atoms with Gasteiger partial charge in [-0.1, -0.05) is 19.9 Å². The zero-order valence-corrected chi connectivity index (χ0v) is 20.2. The molecule has 1 aromatic carbocycles. The van der Waals surface area contributed by atoms with Gasteiger partial charge in [-0.2, -0.15) is 0 Å². The van der Waals surface area contributed by atoms with Crippen molar-refractivity contribution in [2.75, 3.05) is 27.4 Å². The lowest BCUT2D eigenvalue weighted by molar-refractivity contribution is -0.142. The van der Waals surface area contributed by atoms with Crippen molar-refractivity contribution in [1.29, 1.82) is 0 Å². The van der Waals surface area contributed by atoms with Gasteiger partial charge in [-0.15, -0.1) is 0 Å². The van der Waals surface area contributed by atoms with E-state index in [9.17, 15) is 14.7 Å². The first kappa shape index (κ1) is 25.8. The van der Waals surface area contributed by atoms with E-state index in [2.05, 4.69) is 0 Å². The molecule has 8 heteroatoms. The first-order chi connectivity index (χ1) is 15.0. The predicted molar refractivity (Wildman–Crippen MR) is 120 cm³/mol. The predicted octanol–water partition coefficient (Wildman–Crippen LogP) is 4.52. The highest BCUT2D eigenvalue weighted by Crippen LogP contribution is 2.47. The minimum Gasteiger partial charge on any atom is -0.493 e. The van der Waals surface area contributed by atoms with Crippen LogP contribution in [0.25, 0.3) is 0 Å². The average molecular weight is 452 g/mol. The third-order valence-electron chi connectivity index (χ3n) is 5.56. The fraction of sp³-hybridized carbons (Fsp3) is 0.667. The summed E-state index contributed by atoms with van der Waals surface area (Å²) >= 11 is 0. The van der Waals surface area contributed by atoms with Crippen LogP contribution in [0, 0.1) is 11.8 Å². The van der Waals surface area contributed by atoms with Gasteiger partial charge in [0.05, 0.1) is 19.8 Å². The van der Waals surface area contributed by atoms with E-state index in [0.717, 1.165) is 5.56 Å². The number of carboxylic acid groups (broad SMARTS) is 1. The maximum absolute atomic E-state index is 13.2. The number of carbonyl (C=O) groups excluding carboxylic acids is 1. The van der Waals surface area contributed by atoms with Crippen LogP contribution >= 0.6 is 0 Å². The Labute approximate surface area is 190 Å². The second kappa shape index (κ2) is 10.9. The minimum absolute atomic E-state index is 0.0571. The van der Waals surface area contributed by atoms with E-state index in [1.807, 2.05) is 26.0 Å². The van der Waals surface area contributed by atoms with E-state index in [4.69, 9.17) is 18.9 Å². The van der Waals surface area contributed by atoms with Gasteiger partial charge in [-0.3, -0.25) is 4.90 Å². The summed E-state index contributed by atoms with van der Waals surface area (Å²) in [5.74, 6) is 0.185. The molecule has 0 aliphatic carbocycles. The van der Waals surface area contributed by atoms with Crippen molar-refractivity contribution < 1.29 is 33.6 Å². The lowest BCUT2D eigenvalue weighted by atomic mass is 9.84. The molecule has 0 spiro atoms. The highest BCUT2D eigenvalue weighted by molar-refractivity contribution is 5.81. The van der Waals surface area contributed by atoms with Gasteiger partial charge in [0, 0.05) is 20.1 Å². The maximum Gasteiger partial charge on any atom is 0.411 e. The van der Waals surface area contributed by atoms with Crippen LogP contribution in [0.2, 0.25) is 0 Å². The number of methoxy groups -OCH3 is 2. The van der Waals surface area contributed by atoms with Gasteiger partial charge in [0.15, 0.2) is 11.5 Å². The van der Waals surface area contributed by atoms with Crippen molar-refractivity contribution in [2.24, 2.45) is 11.8 Å². The third kappa shape index (κ3) is 6.28. The van der Waals surface area contributed by atoms with Crippen molar-refractivity contribution in [3.05, 3.63) is 23.8 Å². The van der Waals surface area contributed by atoms with Gasteiger partial charge in [-0.25, -0.2) is 9.59 Å². The molecule has 8 nitrogen and oxygen atoms in total. The van der Waals surface area contributed by atoms with Crippen LogP contribution in [-0.4, -0.2) is 61.1 Å². The van der Waals surface area contributed by atoms with Crippen molar-refractivity contribution in [3.8, 4) is 11.5 Å². The smallest absolute Gasteiger partial charge is 0.411 e. The van der Waals surface area contributed by atoms with Crippen LogP contribution in [0.5, 0.6) is 11.5 Å². The highest BCUT2D eigenvalue weighted by Gasteiger charge is 2.50. The summed E-state index contributed by atoms with van der Waals surface area (Å²) in [6.45, 7) is 10.4. The minimum atomic E-state index is -1.03. The standard InChI is InChI=1S/C24H37NO7/c1-15(2)17-14-18(22(26)27)25(23(28)32-24(3,4)5)21(17)16-9-10-19(30-7)20(13-16)31-12-8-11-29-6/h9-10,13,15,17-18,21H,8,11-12,14H2,1-7H3,(H,26,27)/t17-,18+,21+/m0/s1. The Bertz CT molecular complexity index is 787. The van der Waals surface area contributed by atoms with E-state index >= 15 is 0 Å². The first-order valence-electron chi connectivity index (χ1n) is 11.0. The van der Waals surface area contributed by atoms with Gasteiger partial charge >= 0.3 is 12.1 Å². The average Bonchev–Trinajstić information content (AvgIpc) is 3.11. The Hall–Kier alpha value is -2.48.